The first-order valence-corrected chi connectivity index (χ1v) is 10.8. The van der Waals surface area contributed by atoms with Crippen LogP contribution >= 0.6 is 0 Å². The van der Waals surface area contributed by atoms with Gasteiger partial charge in [-0.15, -0.1) is 0 Å². The first-order valence-electron chi connectivity index (χ1n) is 9.27. The summed E-state index contributed by atoms with van der Waals surface area (Å²) < 4.78 is 26.9. The molecule has 152 valence electrons. The van der Waals surface area contributed by atoms with Crippen LogP contribution in [-0.4, -0.2) is 32.1 Å². The Bertz CT molecular complexity index is 1040. The number of amides is 2. The summed E-state index contributed by atoms with van der Waals surface area (Å²) in [6, 6.07) is 14.1. The van der Waals surface area contributed by atoms with Crippen LogP contribution in [0.15, 0.2) is 64.5 Å². The Morgan fingerprint density at radius 2 is 1.72 bits per heavy atom. The standard InChI is InChI=1S/C20H22N4O4S/c1-2-3-12-16(20(26)23-22-19(25)14-9-5-4-6-10-14)21-18-15-11-7-8-13-17(15)29(27,28)24-18/h4-11,13,16H,2-3,12H2,1H3,(H,21,24)(H,22,25)(H,23,26). The van der Waals surface area contributed by atoms with Crippen LogP contribution in [0.1, 0.15) is 42.1 Å². The van der Waals surface area contributed by atoms with Gasteiger partial charge in [-0.05, 0) is 30.7 Å². The first kappa shape index (κ1) is 20.5. The second-order valence-electron chi connectivity index (χ2n) is 6.55. The fourth-order valence-corrected chi connectivity index (χ4v) is 4.14. The third-order valence-electron chi connectivity index (χ3n) is 4.42. The minimum atomic E-state index is -3.69. The number of carbonyl (C=O) groups excluding carboxylic acids is 2. The molecule has 0 bridgehead atoms. The zero-order valence-electron chi connectivity index (χ0n) is 15.9. The molecule has 0 aromatic heterocycles. The molecule has 2 aromatic rings. The molecule has 0 saturated heterocycles. The SMILES string of the molecule is CCCCC(N=C1NS(=O)(=O)c2ccccc21)C(=O)NNC(=O)c1ccccc1. The molecule has 1 atom stereocenters. The Morgan fingerprint density at radius 3 is 2.45 bits per heavy atom. The summed E-state index contributed by atoms with van der Waals surface area (Å²) in [5.74, 6) is -0.835. The van der Waals surface area contributed by atoms with Crippen LogP contribution in [-0.2, 0) is 14.8 Å². The van der Waals surface area contributed by atoms with Crippen LogP contribution in [0.5, 0.6) is 0 Å². The Hall–Kier alpha value is -3.20. The molecule has 1 aliphatic rings. The fourth-order valence-electron chi connectivity index (χ4n) is 2.90. The normalized spacial score (nSPS) is 16.5. The lowest BCUT2D eigenvalue weighted by atomic mass is 10.1. The van der Waals surface area contributed by atoms with Crippen molar-refractivity contribution >= 4 is 27.7 Å². The molecular formula is C20H22N4O4S. The first-order chi connectivity index (χ1) is 13.9. The number of aliphatic imine (C=N–C) groups is 1. The molecule has 2 amide bonds. The largest absolute Gasteiger partial charge is 0.271 e. The van der Waals surface area contributed by atoms with E-state index < -0.39 is 27.9 Å². The van der Waals surface area contributed by atoms with E-state index in [0.717, 1.165) is 12.8 Å². The molecule has 1 unspecified atom stereocenters. The van der Waals surface area contributed by atoms with Crippen LogP contribution in [0.4, 0.5) is 0 Å². The molecule has 8 nitrogen and oxygen atoms in total. The minimum absolute atomic E-state index is 0.130. The van der Waals surface area contributed by atoms with Crippen LogP contribution in [0, 0.1) is 0 Å². The van der Waals surface area contributed by atoms with E-state index in [1.807, 2.05) is 6.92 Å². The fraction of sp³-hybridized carbons (Fsp3) is 0.250. The van der Waals surface area contributed by atoms with Crippen molar-refractivity contribution in [3.05, 3.63) is 65.7 Å². The second-order valence-corrected chi connectivity index (χ2v) is 8.20. The smallest absolute Gasteiger partial charge is 0.269 e. The van der Waals surface area contributed by atoms with Gasteiger partial charge in [0.15, 0.2) is 0 Å². The summed E-state index contributed by atoms with van der Waals surface area (Å²) in [6.45, 7) is 1.98. The Kier molecular flexibility index (Phi) is 6.28. The van der Waals surface area contributed by atoms with Crippen LogP contribution in [0.3, 0.4) is 0 Å². The van der Waals surface area contributed by atoms with E-state index in [1.54, 1.807) is 48.5 Å². The molecule has 9 heteroatoms. The average Bonchev–Trinajstić information content (AvgIpc) is 3.00. The summed E-state index contributed by atoms with van der Waals surface area (Å²) in [4.78, 5) is 29.3. The van der Waals surface area contributed by atoms with E-state index >= 15 is 0 Å². The highest BCUT2D eigenvalue weighted by molar-refractivity contribution is 7.90. The Morgan fingerprint density at radius 1 is 1.03 bits per heavy atom. The van der Waals surface area contributed by atoms with Crippen LogP contribution in [0.25, 0.3) is 0 Å². The van der Waals surface area contributed by atoms with Gasteiger partial charge >= 0.3 is 0 Å². The maximum absolute atomic E-state index is 12.6. The van der Waals surface area contributed by atoms with Gasteiger partial charge in [-0.25, -0.2) is 8.42 Å². The number of hydrazine groups is 1. The molecular weight excluding hydrogens is 392 g/mol. The summed E-state index contributed by atoms with van der Waals surface area (Å²) in [5, 5.41) is 0. The quantitative estimate of drug-likeness (QED) is 0.624. The van der Waals surface area contributed by atoms with Crippen molar-refractivity contribution in [2.24, 2.45) is 4.99 Å². The number of nitrogens with zero attached hydrogens (tertiary/aromatic N) is 1. The number of sulfonamides is 1. The number of benzene rings is 2. The van der Waals surface area contributed by atoms with Gasteiger partial charge in [0.05, 0.1) is 4.90 Å². The van der Waals surface area contributed by atoms with E-state index in [2.05, 4.69) is 20.6 Å². The van der Waals surface area contributed by atoms with Gasteiger partial charge in [-0.1, -0.05) is 50.1 Å². The van der Waals surface area contributed by atoms with Crippen molar-refractivity contribution in [3.63, 3.8) is 0 Å². The molecule has 0 saturated carbocycles. The molecule has 3 rings (SSSR count). The van der Waals surface area contributed by atoms with Gasteiger partial charge in [0, 0.05) is 11.1 Å². The summed E-state index contributed by atoms with van der Waals surface area (Å²) >= 11 is 0. The lowest BCUT2D eigenvalue weighted by molar-refractivity contribution is -0.123. The number of hydrogen-bond donors (Lipinski definition) is 3. The van der Waals surface area contributed by atoms with Crippen molar-refractivity contribution in [3.8, 4) is 0 Å². The number of amidine groups is 1. The van der Waals surface area contributed by atoms with Crippen molar-refractivity contribution in [2.45, 2.75) is 37.1 Å². The minimum Gasteiger partial charge on any atom is -0.271 e. The second kappa shape index (κ2) is 8.87. The lowest BCUT2D eigenvalue weighted by Crippen LogP contribution is -2.46. The van der Waals surface area contributed by atoms with Crippen molar-refractivity contribution in [1.82, 2.24) is 15.6 Å². The van der Waals surface area contributed by atoms with E-state index in [0.29, 0.717) is 17.5 Å². The lowest BCUT2D eigenvalue weighted by Gasteiger charge is -2.14. The number of nitrogens with one attached hydrogen (secondary N) is 3. The maximum Gasteiger partial charge on any atom is 0.269 e. The summed E-state index contributed by atoms with van der Waals surface area (Å²) in [7, 11) is -3.69. The third-order valence-corrected chi connectivity index (χ3v) is 5.81. The van der Waals surface area contributed by atoms with Crippen molar-refractivity contribution in [2.75, 3.05) is 0 Å². The summed E-state index contributed by atoms with van der Waals surface area (Å²) in [5.41, 5.74) is 5.59. The third kappa shape index (κ3) is 4.80. The average molecular weight is 414 g/mol. The monoisotopic (exact) mass is 414 g/mol. The van der Waals surface area contributed by atoms with Crippen molar-refractivity contribution in [1.29, 1.82) is 0 Å². The molecule has 0 fully saturated rings. The van der Waals surface area contributed by atoms with E-state index in [9.17, 15) is 18.0 Å². The molecule has 29 heavy (non-hydrogen) atoms. The molecule has 3 N–H and O–H groups in total. The van der Waals surface area contributed by atoms with Gasteiger partial charge in [0.25, 0.3) is 21.8 Å². The highest BCUT2D eigenvalue weighted by atomic mass is 32.2. The number of hydrogen-bond acceptors (Lipinski definition) is 5. The topological polar surface area (TPSA) is 117 Å². The highest BCUT2D eigenvalue weighted by Gasteiger charge is 2.31. The molecule has 1 aliphatic heterocycles. The predicted molar refractivity (Wildman–Crippen MR) is 109 cm³/mol. The van der Waals surface area contributed by atoms with Gasteiger partial charge in [0.2, 0.25) is 0 Å². The highest BCUT2D eigenvalue weighted by Crippen LogP contribution is 2.23. The zero-order valence-corrected chi connectivity index (χ0v) is 16.7. The van der Waals surface area contributed by atoms with Crippen LogP contribution in [0.2, 0.25) is 0 Å². The van der Waals surface area contributed by atoms with Gasteiger partial charge in [0.1, 0.15) is 11.9 Å². The maximum atomic E-state index is 12.6. The number of rotatable bonds is 6. The van der Waals surface area contributed by atoms with Gasteiger partial charge in [-0.2, -0.15) is 0 Å². The Labute approximate surface area is 169 Å². The van der Waals surface area contributed by atoms with Crippen molar-refractivity contribution < 1.29 is 18.0 Å². The number of fused-ring (bicyclic) bond motifs is 1. The molecule has 0 aliphatic carbocycles. The van der Waals surface area contributed by atoms with E-state index in [-0.39, 0.29) is 10.7 Å². The summed E-state index contributed by atoms with van der Waals surface area (Å²) in [6.07, 6.45) is 1.97. The van der Waals surface area contributed by atoms with Gasteiger partial charge in [-0.3, -0.25) is 30.2 Å². The molecule has 1 heterocycles. The zero-order chi connectivity index (χ0) is 20.9. The van der Waals surface area contributed by atoms with Crippen LogP contribution < -0.4 is 15.6 Å². The Balaban J connectivity index is 1.77. The molecule has 0 radical (unpaired) electrons. The van der Waals surface area contributed by atoms with E-state index in [4.69, 9.17) is 0 Å². The van der Waals surface area contributed by atoms with E-state index in [1.165, 1.54) is 6.07 Å². The van der Waals surface area contributed by atoms with Gasteiger partial charge < -0.3 is 0 Å². The predicted octanol–water partition coefficient (Wildman–Crippen LogP) is 1.75. The molecule has 0 spiro atoms. The number of carbonyl (C=O) groups is 2. The number of unbranched alkanes of at least 4 members (excludes halogenated alkanes) is 1. The molecule has 2 aromatic carbocycles.